The van der Waals surface area contributed by atoms with Crippen LogP contribution in [-0.4, -0.2) is 43.1 Å². The van der Waals surface area contributed by atoms with Crippen LogP contribution in [0.15, 0.2) is 18.2 Å². The number of nitrogens with one attached hydrogen (secondary N) is 1. The minimum Gasteiger partial charge on any atom is -0.363 e. The topological polar surface area (TPSA) is 48.5 Å². The highest BCUT2D eigenvalue weighted by molar-refractivity contribution is 5.88. The van der Waals surface area contributed by atoms with Crippen LogP contribution >= 0.6 is 0 Å². The predicted molar refractivity (Wildman–Crippen MR) is 82.2 cm³/mol. The second-order valence-electron chi connectivity index (χ2n) is 5.57. The van der Waals surface area contributed by atoms with Crippen molar-refractivity contribution < 1.29 is 4.79 Å². The normalized spacial score (nSPS) is 18.8. The molecule has 0 bridgehead atoms. The van der Waals surface area contributed by atoms with E-state index in [1.807, 2.05) is 42.1 Å². The Hall–Kier alpha value is -1.78. The van der Waals surface area contributed by atoms with E-state index >= 15 is 0 Å². The van der Waals surface area contributed by atoms with Crippen LogP contribution in [0.2, 0.25) is 0 Å². The maximum absolute atomic E-state index is 12.3. The molecule has 0 spiro atoms. The van der Waals surface area contributed by atoms with Crippen molar-refractivity contribution in [1.29, 1.82) is 0 Å². The third-order valence-electron chi connectivity index (χ3n) is 3.81. The molecule has 1 atom stereocenters. The quantitative estimate of drug-likeness (QED) is 0.923. The summed E-state index contributed by atoms with van der Waals surface area (Å²) < 4.78 is 0. The van der Waals surface area contributed by atoms with E-state index in [-0.39, 0.29) is 6.03 Å². The zero-order valence-electron chi connectivity index (χ0n) is 12.6. The zero-order chi connectivity index (χ0) is 14.5. The highest BCUT2D eigenvalue weighted by Gasteiger charge is 2.22. The molecule has 1 saturated heterocycles. The number of aromatic nitrogens is 1. The van der Waals surface area contributed by atoms with E-state index in [1.165, 1.54) is 6.42 Å². The van der Waals surface area contributed by atoms with Crippen molar-refractivity contribution in [1.82, 2.24) is 9.88 Å². The van der Waals surface area contributed by atoms with Gasteiger partial charge in [0, 0.05) is 27.2 Å². The molecule has 0 unspecified atom stereocenters. The van der Waals surface area contributed by atoms with Gasteiger partial charge in [-0.3, -0.25) is 5.32 Å². The molecule has 0 radical (unpaired) electrons. The van der Waals surface area contributed by atoms with Crippen LogP contribution in [0.5, 0.6) is 0 Å². The lowest BCUT2D eigenvalue weighted by Gasteiger charge is -2.32. The van der Waals surface area contributed by atoms with E-state index in [0.29, 0.717) is 11.7 Å². The Morgan fingerprint density at radius 2 is 2.30 bits per heavy atom. The molecule has 1 N–H and O–H groups in total. The molecule has 2 rings (SSSR count). The molecular formula is C15H24N4O. The van der Waals surface area contributed by atoms with Gasteiger partial charge < -0.3 is 9.80 Å². The van der Waals surface area contributed by atoms with Gasteiger partial charge in [-0.1, -0.05) is 19.4 Å². The predicted octanol–water partition coefficient (Wildman–Crippen LogP) is 2.80. The SMILES string of the molecule is CC[C@@H]1CCCN(C(=O)Nc2cccc(N(C)C)n2)C1. The highest BCUT2D eigenvalue weighted by atomic mass is 16.2. The molecule has 2 amide bonds. The molecule has 1 fully saturated rings. The van der Waals surface area contributed by atoms with E-state index in [0.717, 1.165) is 31.7 Å². The lowest BCUT2D eigenvalue weighted by atomic mass is 9.96. The number of urea groups is 1. The molecular weight excluding hydrogens is 252 g/mol. The van der Waals surface area contributed by atoms with Crippen LogP contribution in [0, 0.1) is 5.92 Å². The molecule has 0 saturated carbocycles. The summed E-state index contributed by atoms with van der Waals surface area (Å²) in [7, 11) is 3.87. The fraction of sp³-hybridized carbons (Fsp3) is 0.600. The molecule has 1 aromatic rings. The van der Waals surface area contributed by atoms with Gasteiger partial charge in [-0.05, 0) is 30.9 Å². The van der Waals surface area contributed by atoms with Gasteiger partial charge in [0.25, 0.3) is 0 Å². The molecule has 1 aliphatic heterocycles. The number of hydrogen-bond donors (Lipinski definition) is 1. The number of carbonyl (C=O) groups excluding carboxylic acids is 1. The van der Waals surface area contributed by atoms with Crippen molar-refractivity contribution in [3.63, 3.8) is 0 Å². The third kappa shape index (κ3) is 3.62. The highest BCUT2D eigenvalue weighted by Crippen LogP contribution is 2.20. The van der Waals surface area contributed by atoms with Gasteiger partial charge in [-0.15, -0.1) is 0 Å². The molecule has 0 aromatic carbocycles. The smallest absolute Gasteiger partial charge is 0.323 e. The Labute approximate surface area is 121 Å². The van der Waals surface area contributed by atoms with E-state index in [4.69, 9.17) is 0 Å². The second kappa shape index (κ2) is 6.59. The number of carbonyl (C=O) groups is 1. The first-order valence-electron chi connectivity index (χ1n) is 7.30. The van der Waals surface area contributed by atoms with E-state index < -0.39 is 0 Å². The van der Waals surface area contributed by atoms with Crippen LogP contribution in [-0.2, 0) is 0 Å². The van der Waals surface area contributed by atoms with Crippen molar-refractivity contribution >= 4 is 17.7 Å². The van der Waals surface area contributed by atoms with E-state index in [2.05, 4.69) is 17.2 Å². The van der Waals surface area contributed by atoms with Crippen LogP contribution in [0.1, 0.15) is 26.2 Å². The number of rotatable bonds is 3. The summed E-state index contributed by atoms with van der Waals surface area (Å²) in [6, 6.07) is 5.62. The van der Waals surface area contributed by atoms with Gasteiger partial charge in [0.15, 0.2) is 0 Å². The second-order valence-corrected chi connectivity index (χ2v) is 5.57. The molecule has 2 heterocycles. The monoisotopic (exact) mass is 276 g/mol. The molecule has 5 nitrogen and oxygen atoms in total. The first-order valence-corrected chi connectivity index (χ1v) is 7.30. The maximum atomic E-state index is 12.3. The summed E-state index contributed by atoms with van der Waals surface area (Å²) in [5.74, 6) is 2.09. The van der Waals surface area contributed by atoms with Gasteiger partial charge in [-0.2, -0.15) is 0 Å². The zero-order valence-corrected chi connectivity index (χ0v) is 12.6. The molecule has 1 aliphatic rings. The van der Waals surface area contributed by atoms with Crippen molar-refractivity contribution in [3.05, 3.63) is 18.2 Å². The standard InChI is InChI=1S/C15H24N4O/c1-4-12-7-6-10-19(11-12)15(20)17-13-8-5-9-14(16-13)18(2)3/h5,8-9,12H,4,6-7,10-11H2,1-3H3,(H,16,17,20)/t12-/m1/s1. The molecule has 20 heavy (non-hydrogen) atoms. The van der Waals surface area contributed by atoms with Gasteiger partial charge >= 0.3 is 6.03 Å². The summed E-state index contributed by atoms with van der Waals surface area (Å²) in [5, 5.41) is 2.90. The summed E-state index contributed by atoms with van der Waals surface area (Å²) in [6.45, 7) is 3.89. The molecule has 1 aromatic heterocycles. The summed E-state index contributed by atoms with van der Waals surface area (Å²) in [4.78, 5) is 20.5. The Morgan fingerprint density at radius 1 is 1.50 bits per heavy atom. The summed E-state index contributed by atoms with van der Waals surface area (Å²) in [6.07, 6.45) is 3.46. The van der Waals surface area contributed by atoms with Crippen LogP contribution in [0.3, 0.4) is 0 Å². The molecule has 110 valence electrons. The Bertz CT molecular complexity index is 461. The number of piperidine rings is 1. The molecule has 5 heteroatoms. The van der Waals surface area contributed by atoms with Crippen molar-refractivity contribution in [2.24, 2.45) is 5.92 Å². The minimum atomic E-state index is -0.0356. The maximum Gasteiger partial charge on any atom is 0.323 e. The van der Waals surface area contributed by atoms with Crippen molar-refractivity contribution in [2.45, 2.75) is 26.2 Å². The van der Waals surface area contributed by atoms with Crippen LogP contribution in [0.4, 0.5) is 16.4 Å². The third-order valence-corrected chi connectivity index (χ3v) is 3.81. The fourth-order valence-corrected chi connectivity index (χ4v) is 2.51. The van der Waals surface area contributed by atoms with Gasteiger partial charge in [0.1, 0.15) is 11.6 Å². The number of anilines is 2. The Kier molecular flexibility index (Phi) is 4.82. The summed E-state index contributed by atoms with van der Waals surface area (Å²) >= 11 is 0. The largest absolute Gasteiger partial charge is 0.363 e. The van der Waals surface area contributed by atoms with Crippen molar-refractivity contribution in [2.75, 3.05) is 37.4 Å². The number of nitrogens with zero attached hydrogens (tertiary/aromatic N) is 3. The number of amides is 2. The minimum absolute atomic E-state index is 0.0356. The average molecular weight is 276 g/mol. The van der Waals surface area contributed by atoms with Crippen LogP contribution in [0.25, 0.3) is 0 Å². The lowest BCUT2D eigenvalue weighted by molar-refractivity contribution is 0.176. The molecule has 0 aliphatic carbocycles. The Morgan fingerprint density at radius 3 is 3.00 bits per heavy atom. The van der Waals surface area contributed by atoms with E-state index in [1.54, 1.807) is 0 Å². The van der Waals surface area contributed by atoms with Gasteiger partial charge in [-0.25, -0.2) is 9.78 Å². The number of pyridine rings is 1. The average Bonchev–Trinajstić information content (AvgIpc) is 2.47. The van der Waals surface area contributed by atoms with Gasteiger partial charge in [0.05, 0.1) is 0 Å². The van der Waals surface area contributed by atoms with Crippen molar-refractivity contribution in [3.8, 4) is 0 Å². The summed E-state index contributed by atoms with van der Waals surface area (Å²) in [5.41, 5.74) is 0. The first-order chi connectivity index (χ1) is 9.60. The van der Waals surface area contributed by atoms with Gasteiger partial charge in [0.2, 0.25) is 0 Å². The number of hydrogen-bond acceptors (Lipinski definition) is 3. The number of likely N-dealkylation sites (tertiary alicyclic amines) is 1. The van der Waals surface area contributed by atoms with Crippen LogP contribution < -0.4 is 10.2 Å². The van der Waals surface area contributed by atoms with E-state index in [9.17, 15) is 4.79 Å². The lowest BCUT2D eigenvalue weighted by Crippen LogP contribution is -2.42. The first kappa shape index (κ1) is 14.6. The fourth-order valence-electron chi connectivity index (χ4n) is 2.51. The Balaban J connectivity index is 1.98.